The molecule has 6 aromatic heterocycles. The molecule has 16 nitrogen and oxygen atoms in total. The minimum Gasteiger partial charge on any atom is -0.379 e. The first-order valence-electron chi connectivity index (χ1n) is 20.0. The third kappa shape index (κ3) is 5.23. The summed E-state index contributed by atoms with van der Waals surface area (Å²) in [4.78, 5) is 14.6. The van der Waals surface area contributed by atoms with Crippen molar-refractivity contribution in [3.63, 3.8) is 0 Å². The minimum absolute atomic E-state index is 0.0469. The summed E-state index contributed by atoms with van der Waals surface area (Å²) in [5, 5.41) is 20.2. The molecule has 0 bridgehead atoms. The van der Waals surface area contributed by atoms with Gasteiger partial charge in [-0.25, -0.2) is 4.98 Å². The lowest BCUT2D eigenvalue weighted by molar-refractivity contribution is -0.781. The van der Waals surface area contributed by atoms with E-state index < -0.39 is 0 Å². The van der Waals surface area contributed by atoms with Crippen molar-refractivity contribution in [1.82, 2.24) is 54.0 Å². The van der Waals surface area contributed by atoms with Crippen LogP contribution in [0, 0.1) is 5.92 Å². The van der Waals surface area contributed by atoms with Crippen molar-refractivity contribution >= 4 is 23.2 Å². The molecule has 60 heavy (non-hydrogen) atoms. The molecule has 4 aliphatic heterocycles. The van der Waals surface area contributed by atoms with Crippen molar-refractivity contribution in [1.29, 1.82) is 0 Å². The highest BCUT2D eigenvalue weighted by atomic mass is 35.5. The Kier molecular flexibility index (Phi) is 7.29. The third-order valence-electron chi connectivity index (χ3n) is 12.5. The van der Waals surface area contributed by atoms with Gasteiger partial charge < -0.3 is 23.1 Å². The number of nitrogens with zero attached hydrogens (tertiary/aromatic N) is 12. The Balaban J connectivity index is 0.893. The monoisotopic (exact) mass is 841 g/mol. The summed E-state index contributed by atoms with van der Waals surface area (Å²) < 4.78 is 34.1. The molecule has 13 rings (SSSR count). The SMILES string of the molecule is Cn1cc2c(n1)-c1cc(Cl)ccc1-n1c[n+](C3OCC3Cn3cc4c(n3)-c3cc(Cl)ccc3-n3cnc(-c5nc(C6CC6)no5)c3C4)c(-c3noc(C4(C)COC4)n3)c1C2. The predicted molar refractivity (Wildman–Crippen MR) is 214 cm³/mol. The van der Waals surface area contributed by atoms with E-state index in [0.717, 1.165) is 80.8 Å². The van der Waals surface area contributed by atoms with E-state index in [1.807, 2.05) is 59.1 Å². The van der Waals surface area contributed by atoms with Crippen LogP contribution in [0.5, 0.6) is 0 Å². The van der Waals surface area contributed by atoms with Crippen LogP contribution in [-0.4, -0.2) is 73.8 Å². The molecule has 2 unspecified atom stereocenters. The highest BCUT2D eigenvalue weighted by Crippen LogP contribution is 2.43. The molecule has 8 aromatic rings. The van der Waals surface area contributed by atoms with Crippen LogP contribution in [0.15, 0.2) is 70.5 Å². The van der Waals surface area contributed by atoms with Crippen LogP contribution in [0.1, 0.15) is 66.1 Å². The summed E-state index contributed by atoms with van der Waals surface area (Å²) in [5.41, 5.74) is 10.7. The van der Waals surface area contributed by atoms with Crippen molar-refractivity contribution in [2.24, 2.45) is 13.0 Å². The zero-order chi connectivity index (χ0) is 40.0. The van der Waals surface area contributed by atoms with E-state index in [1.54, 1.807) is 0 Å². The van der Waals surface area contributed by atoms with E-state index in [1.165, 1.54) is 0 Å². The summed E-state index contributed by atoms with van der Waals surface area (Å²) >= 11 is 13.3. The molecule has 3 fully saturated rings. The number of imidazole rings is 2. The van der Waals surface area contributed by atoms with Gasteiger partial charge in [0.15, 0.2) is 17.2 Å². The lowest BCUT2D eigenvalue weighted by atomic mass is 9.89. The number of benzene rings is 2. The maximum Gasteiger partial charge on any atom is 0.278 e. The van der Waals surface area contributed by atoms with Crippen molar-refractivity contribution < 1.29 is 23.1 Å². The van der Waals surface area contributed by atoms with Crippen LogP contribution in [0.25, 0.3) is 57.0 Å². The van der Waals surface area contributed by atoms with Crippen molar-refractivity contribution in [2.75, 3.05) is 19.8 Å². The van der Waals surface area contributed by atoms with E-state index in [0.29, 0.717) is 78.5 Å². The van der Waals surface area contributed by atoms with Crippen molar-refractivity contribution in [3.05, 3.63) is 106 Å². The Morgan fingerprint density at radius 2 is 1.60 bits per heavy atom. The normalized spacial score (nSPS) is 19.5. The van der Waals surface area contributed by atoms with Gasteiger partial charge in [-0.05, 0) is 56.2 Å². The number of ether oxygens (including phenoxy) is 2. The zero-order valence-corrected chi connectivity index (χ0v) is 33.9. The molecule has 0 N–H and O–H groups in total. The zero-order valence-electron chi connectivity index (χ0n) is 32.4. The number of rotatable bonds is 7. The minimum atomic E-state index is -0.356. The number of aryl methyl sites for hydroxylation is 1. The molecule has 5 aliphatic rings. The second kappa shape index (κ2) is 12.5. The average Bonchev–Trinajstić information content (AvgIpc) is 3.76. The second-order valence-electron chi connectivity index (χ2n) is 16.9. The van der Waals surface area contributed by atoms with Crippen LogP contribution >= 0.6 is 23.2 Å². The van der Waals surface area contributed by atoms with Gasteiger partial charge in [-0.1, -0.05) is 33.5 Å². The molecule has 0 spiro atoms. The molecule has 2 atom stereocenters. The van der Waals surface area contributed by atoms with Crippen LogP contribution in [0.4, 0.5) is 0 Å². The molecule has 1 aliphatic carbocycles. The number of hydrogen-bond donors (Lipinski definition) is 0. The smallest absolute Gasteiger partial charge is 0.278 e. The highest BCUT2D eigenvalue weighted by Gasteiger charge is 2.46. The maximum absolute atomic E-state index is 6.65. The molecule has 10 heterocycles. The van der Waals surface area contributed by atoms with Gasteiger partial charge in [0.2, 0.25) is 23.6 Å². The first kappa shape index (κ1) is 34.9. The van der Waals surface area contributed by atoms with E-state index in [9.17, 15) is 0 Å². The van der Waals surface area contributed by atoms with Crippen LogP contribution < -0.4 is 4.57 Å². The molecule has 18 heteroatoms. The van der Waals surface area contributed by atoms with Crippen LogP contribution in [-0.2, 0) is 41.3 Å². The van der Waals surface area contributed by atoms with Gasteiger partial charge >= 0.3 is 0 Å². The molecular weight excluding hydrogens is 807 g/mol. The number of fused-ring (bicyclic) bond motifs is 10. The van der Waals surface area contributed by atoms with E-state index in [-0.39, 0.29) is 17.6 Å². The fourth-order valence-corrected chi connectivity index (χ4v) is 9.53. The molecule has 1 saturated carbocycles. The largest absolute Gasteiger partial charge is 0.379 e. The standard InChI is InChI=1S/C42H35Cl2N12O4/c1-42(17-57-18-42)41-47-38(51-60-41)36-32-10-22-13-52(2)48-33(22)28-12-26(44)6-8-30(28)55(32)20-56(36)40-24(16-58-40)15-53-14-23-9-31-35(39-46-37(50-59-39)21-3-4-21)45-19-54(31)29-7-5-25(43)11-27(29)34(23)49-53/h5-8,11-14,19-21,24,40H,3-4,9-10,15-18H2,1-2H3/q+1. The van der Waals surface area contributed by atoms with Gasteiger partial charge in [-0.15, -0.1) is 0 Å². The third-order valence-corrected chi connectivity index (χ3v) is 13.0. The Bertz CT molecular complexity index is 3070. The summed E-state index contributed by atoms with van der Waals surface area (Å²) in [6, 6.07) is 11.8. The molecule has 2 aromatic carbocycles. The summed E-state index contributed by atoms with van der Waals surface area (Å²) in [6.45, 7) is 4.25. The molecule has 300 valence electrons. The van der Waals surface area contributed by atoms with Gasteiger partial charge in [-0.3, -0.25) is 9.36 Å². The van der Waals surface area contributed by atoms with E-state index >= 15 is 0 Å². The predicted octanol–water partition coefficient (Wildman–Crippen LogP) is 6.44. The lowest BCUT2D eigenvalue weighted by Gasteiger charge is -2.34. The Labute approximate surface area is 351 Å². The van der Waals surface area contributed by atoms with Crippen molar-refractivity contribution in [2.45, 2.75) is 56.7 Å². The number of hydrogen-bond acceptors (Lipinski definition) is 11. The van der Waals surface area contributed by atoms with Crippen LogP contribution in [0.2, 0.25) is 10.0 Å². The average molecular weight is 843 g/mol. The second-order valence-corrected chi connectivity index (χ2v) is 17.7. The first-order chi connectivity index (χ1) is 29.2. The fraction of sp³-hybridized carbons (Fsp3) is 0.333. The number of halogens is 2. The molecule has 0 radical (unpaired) electrons. The van der Waals surface area contributed by atoms with E-state index in [4.69, 9.17) is 66.9 Å². The highest BCUT2D eigenvalue weighted by molar-refractivity contribution is 6.31. The summed E-state index contributed by atoms with van der Waals surface area (Å²) in [7, 11) is 1.94. The molecule has 2 saturated heterocycles. The fourth-order valence-electron chi connectivity index (χ4n) is 9.18. The van der Waals surface area contributed by atoms with Gasteiger partial charge in [0.1, 0.15) is 17.7 Å². The van der Waals surface area contributed by atoms with Gasteiger partial charge in [0.25, 0.3) is 12.2 Å². The topological polar surface area (TPSA) is 159 Å². The molecule has 0 amide bonds. The van der Waals surface area contributed by atoms with Crippen molar-refractivity contribution in [3.8, 4) is 57.0 Å². The van der Waals surface area contributed by atoms with E-state index in [2.05, 4.69) is 49.7 Å². The Morgan fingerprint density at radius 1 is 0.850 bits per heavy atom. The Morgan fingerprint density at radius 3 is 2.33 bits per heavy atom. The van der Waals surface area contributed by atoms with Gasteiger partial charge in [-0.2, -0.15) is 29.3 Å². The van der Waals surface area contributed by atoms with Crippen LogP contribution in [0.3, 0.4) is 0 Å². The summed E-state index contributed by atoms with van der Waals surface area (Å²) in [5.74, 6) is 2.63. The van der Waals surface area contributed by atoms with Gasteiger partial charge in [0.05, 0.1) is 60.3 Å². The summed E-state index contributed by atoms with van der Waals surface area (Å²) in [6.07, 6.45) is 11.0. The quantitative estimate of drug-likeness (QED) is 0.163. The maximum atomic E-state index is 6.65. The van der Waals surface area contributed by atoms with Gasteiger partial charge in [0, 0.05) is 64.9 Å². The molecular formula is C42H35Cl2N12O4+. The first-order valence-corrected chi connectivity index (χ1v) is 20.8. The Hall–Kier alpha value is -5.94. The number of aromatic nitrogens is 12. The lowest BCUT2D eigenvalue weighted by Crippen LogP contribution is -2.54.